The van der Waals surface area contributed by atoms with Crippen molar-refractivity contribution in [1.82, 2.24) is 0 Å². The number of aryl methyl sites for hydroxylation is 1. The normalized spacial score (nSPS) is 10.9. The minimum atomic E-state index is -0.542. The highest BCUT2D eigenvalue weighted by Crippen LogP contribution is 2.25. The highest BCUT2D eigenvalue weighted by Gasteiger charge is 2.12. The summed E-state index contributed by atoms with van der Waals surface area (Å²) in [5, 5.41) is 22.7. The Hall–Kier alpha value is -4.18. The molecule has 7 heteroatoms. The van der Waals surface area contributed by atoms with Crippen LogP contribution in [0.15, 0.2) is 70.7 Å². The lowest BCUT2D eigenvalue weighted by Gasteiger charge is -2.04. The molecule has 3 rings (SSSR count). The van der Waals surface area contributed by atoms with E-state index < -0.39 is 10.8 Å². The fourth-order valence-electron chi connectivity index (χ4n) is 2.46. The third-order valence-corrected chi connectivity index (χ3v) is 3.95. The Kier molecular flexibility index (Phi) is 5.33. The van der Waals surface area contributed by atoms with Crippen LogP contribution in [-0.4, -0.2) is 10.8 Å². The highest BCUT2D eigenvalue weighted by atomic mass is 16.6. The third-order valence-electron chi connectivity index (χ3n) is 3.95. The Morgan fingerprint density at radius 1 is 1.11 bits per heavy atom. The zero-order chi connectivity index (χ0) is 20.1. The van der Waals surface area contributed by atoms with Crippen molar-refractivity contribution in [1.29, 1.82) is 5.26 Å². The summed E-state index contributed by atoms with van der Waals surface area (Å²) in [5.41, 5.74) is 2.17. The number of rotatable bonds is 5. The predicted molar refractivity (Wildman–Crippen MR) is 104 cm³/mol. The summed E-state index contributed by atoms with van der Waals surface area (Å²) in [4.78, 5) is 22.5. The molecular weight excluding hydrogens is 358 g/mol. The first kappa shape index (κ1) is 18.6. The standard InChI is InChI=1S/C21H15N3O4/c1-14-2-6-17(7-3-14)23-21(25)16(13-22)12-19-10-11-20(28-19)15-4-8-18(9-5-15)24(26)27/h2-12H,1H3,(H,23,25)/b16-12+. The van der Waals surface area contributed by atoms with Gasteiger partial charge in [0.05, 0.1) is 4.92 Å². The molecule has 0 atom stereocenters. The largest absolute Gasteiger partial charge is 0.457 e. The number of hydrogen-bond donors (Lipinski definition) is 1. The lowest BCUT2D eigenvalue weighted by Crippen LogP contribution is -2.13. The van der Waals surface area contributed by atoms with E-state index in [0.717, 1.165) is 5.56 Å². The van der Waals surface area contributed by atoms with E-state index in [0.29, 0.717) is 22.8 Å². The van der Waals surface area contributed by atoms with Gasteiger partial charge in [0.15, 0.2) is 0 Å². The minimum absolute atomic E-state index is 0.0185. The molecule has 0 saturated carbocycles. The molecule has 0 saturated heterocycles. The number of non-ortho nitro benzene ring substituents is 1. The number of benzene rings is 2. The maximum Gasteiger partial charge on any atom is 0.269 e. The van der Waals surface area contributed by atoms with E-state index in [1.807, 2.05) is 25.1 Å². The first-order valence-corrected chi connectivity index (χ1v) is 8.31. The number of anilines is 1. The Bertz CT molecular complexity index is 1090. The zero-order valence-electron chi connectivity index (χ0n) is 14.9. The van der Waals surface area contributed by atoms with Gasteiger partial charge < -0.3 is 9.73 Å². The van der Waals surface area contributed by atoms with Gasteiger partial charge in [-0.25, -0.2) is 0 Å². The summed E-state index contributed by atoms with van der Waals surface area (Å²) >= 11 is 0. The van der Waals surface area contributed by atoms with Crippen LogP contribution >= 0.6 is 0 Å². The summed E-state index contributed by atoms with van der Waals surface area (Å²) in [6.45, 7) is 1.94. The maximum atomic E-state index is 12.3. The number of nitriles is 1. The molecule has 28 heavy (non-hydrogen) atoms. The highest BCUT2D eigenvalue weighted by molar-refractivity contribution is 6.09. The van der Waals surface area contributed by atoms with Crippen molar-refractivity contribution in [2.75, 3.05) is 5.32 Å². The first-order chi connectivity index (χ1) is 13.5. The van der Waals surface area contributed by atoms with Crippen LogP contribution < -0.4 is 5.32 Å². The van der Waals surface area contributed by atoms with Crippen molar-refractivity contribution in [3.8, 4) is 17.4 Å². The second-order valence-electron chi connectivity index (χ2n) is 6.00. The predicted octanol–water partition coefficient (Wildman–Crippen LogP) is 4.71. The van der Waals surface area contributed by atoms with Gasteiger partial charge in [0, 0.05) is 29.5 Å². The van der Waals surface area contributed by atoms with E-state index >= 15 is 0 Å². The van der Waals surface area contributed by atoms with Crippen LogP contribution in [0.1, 0.15) is 11.3 Å². The molecule has 1 amide bonds. The average Bonchev–Trinajstić information content (AvgIpc) is 3.16. The molecular formula is C21H15N3O4. The van der Waals surface area contributed by atoms with Crippen LogP contribution in [0.5, 0.6) is 0 Å². The fraction of sp³-hybridized carbons (Fsp3) is 0.0476. The number of carbonyl (C=O) groups is 1. The van der Waals surface area contributed by atoms with E-state index in [1.54, 1.807) is 36.4 Å². The number of nitrogens with one attached hydrogen (secondary N) is 1. The number of nitro benzene ring substituents is 1. The van der Waals surface area contributed by atoms with Gasteiger partial charge in [-0.1, -0.05) is 17.7 Å². The number of carbonyl (C=O) groups excluding carboxylic acids is 1. The lowest BCUT2D eigenvalue weighted by atomic mass is 10.1. The molecule has 1 heterocycles. The second-order valence-corrected chi connectivity index (χ2v) is 6.00. The lowest BCUT2D eigenvalue weighted by molar-refractivity contribution is -0.384. The fourth-order valence-corrected chi connectivity index (χ4v) is 2.46. The summed E-state index contributed by atoms with van der Waals surface area (Å²) in [6, 6.07) is 18.3. The summed E-state index contributed by atoms with van der Waals surface area (Å²) in [6.07, 6.45) is 1.35. The molecule has 7 nitrogen and oxygen atoms in total. The molecule has 138 valence electrons. The molecule has 0 bridgehead atoms. The van der Waals surface area contributed by atoms with Crippen molar-refractivity contribution in [3.63, 3.8) is 0 Å². The SMILES string of the molecule is Cc1ccc(NC(=O)/C(C#N)=C/c2ccc(-c3ccc([N+](=O)[O-])cc3)o2)cc1. The van der Waals surface area contributed by atoms with Crippen LogP contribution in [0.2, 0.25) is 0 Å². The number of furan rings is 1. The van der Waals surface area contributed by atoms with Crippen molar-refractivity contribution in [3.05, 3.63) is 87.7 Å². The zero-order valence-corrected chi connectivity index (χ0v) is 14.9. The Morgan fingerprint density at radius 3 is 2.39 bits per heavy atom. The van der Waals surface area contributed by atoms with Gasteiger partial charge in [0.25, 0.3) is 11.6 Å². The monoisotopic (exact) mass is 373 g/mol. The number of nitrogens with zero attached hydrogens (tertiary/aromatic N) is 2. The molecule has 0 fully saturated rings. The van der Waals surface area contributed by atoms with E-state index in [1.165, 1.54) is 18.2 Å². The molecule has 0 aliphatic heterocycles. The van der Waals surface area contributed by atoms with Crippen LogP contribution in [-0.2, 0) is 4.79 Å². The van der Waals surface area contributed by atoms with E-state index in [2.05, 4.69) is 5.32 Å². The smallest absolute Gasteiger partial charge is 0.269 e. The van der Waals surface area contributed by atoms with E-state index in [4.69, 9.17) is 4.42 Å². The second kappa shape index (κ2) is 8.01. The molecule has 0 radical (unpaired) electrons. The van der Waals surface area contributed by atoms with Gasteiger partial charge in [-0.3, -0.25) is 14.9 Å². The molecule has 0 aliphatic rings. The van der Waals surface area contributed by atoms with Crippen LogP contribution in [0.25, 0.3) is 17.4 Å². The molecule has 0 unspecified atom stereocenters. The molecule has 1 aromatic heterocycles. The average molecular weight is 373 g/mol. The van der Waals surface area contributed by atoms with Gasteiger partial charge in [0.2, 0.25) is 0 Å². The first-order valence-electron chi connectivity index (χ1n) is 8.31. The molecule has 2 aromatic carbocycles. The quantitative estimate of drug-likeness (QED) is 0.301. The van der Waals surface area contributed by atoms with Gasteiger partial charge in [-0.15, -0.1) is 0 Å². The topological polar surface area (TPSA) is 109 Å². The summed E-state index contributed by atoms with van der Waals surface area (Å²) in [5.74, 6) is 0.251. The molecule has 3 aromatic rings. The molecule has 0 spiro atoms. The van der Waals surface area contributed by atoms with Gasteiger partial charge in [-0.05, 0) is 43.3 Å². The Labute approximate surface area is 160 Å². The van der Waals surface area contributed by atoms with Crippen molar-refractivity contribution >= 4 is 23.4 Å². The van der Waals surface area contributed by atoms with Crippen molar-refractivity contribution in [2.24, 2.45) is 0 Å². The van der Waals surface area contributed by atoms with Gasteiger partial charge in [-0.2, -0.15) is 5.26 Å². The van der Waals surface area contributed by atoms with Gasteiger partial charge >= 0.3 is 0 Å². The van der Waals surface area contributed by atoms with Crippen molar-refractivity contribution < 1.29 is 14.1 Å². The van der Waals surface area contributed by atoms with Crippen LogP contribution in [0.4, 0.5) is 11.4 Å². The number of hydrogen-bond acceptors (Lipinski definition) is 5. The van der Waals surface area contributed by atoms with Crippen LogP contribution in [0, 0.1) is 28.4 Å². The minimum Gasteiger partial charge on any atom is -0.457 e. The summed E-state index contributed by atoms with van der Waals surface area (Å²) < 4.78 is 5.64. The summed E-state index contributed by atoms with van der Waals surface area (Å²) in [7, 11) is 0. The van der Waals surface area contributed by atoms with E-state index in [-0.39, 0.29) is 11.3 Å². The third kappa shape index (κ3) is 4.31. The Morgan fingerprint density at radius 2 is 1.79 bits per heavy atom. The maximum absolute atomic E-state index is 12.3. The van der Waals surface area contributed by atoms with Crippen LogP contribution in [0.3, 0.4) is 0 Å². The number of amides is 1. The number of nitro groups is 1. The van der Waals surface area contributed by atoms with Gasteiger partial charge in [0.1, 0.15) is 23.2 Å². The Balaban J connectivity index is 1.78. The van der Waals surface area contributed by atoms with E-state index in [9.17, 15) is 20.2 Å². The molecule has 1 N–H and O–H groups in total. The molecule has 0 aliphatic carbocycles. The van der Waals surface area contributed by atoms with Crippen molar-refractivity contribution in [2.45, 2.75) is 6.92 Å².